The fourth-order valence-electron chi connectivity index (χ4n) is 2.36. The molecule has 7 heteroatoms. The number of hydrogen-bond donors (Lipinski definition) is 2. The first-order valence-corrected chi connectivity index (χ1v) is 9.58. The SMILES string of the molecule is Cc1ccc(C(=O)Nc2ccc(S(=O)(=O)Nc3ccc(F)cc3)cc2)cc1. The highest BCUT2D eigenvalue weighted by molar-refractivity contribution is 7.92. The Labute approximate surface area is 156 Å². The Bertz CT molecular complexity index is 1050. The molecule has 0 atom stereocenters. The van der Waals surface area contributed by atoms with E-state index in [1.165, 1.54) is 48.5 Å². The molecule has 0 aromatic heterocycles. The molecular formula is C20H17FN2O3S. The van der Waals surface area contributed by atoms with Crippen LogP contribution in [0, 0.1) is 12.7 Å². The third-order valence-corrected chi connectivity index (χ3v) is 5.23. The van der Waals surface area contributed by atoms with Gasteiger partial charge in [0.15, 0.2) is 0 Å². The average Bonchev–Trinajstić information content (AvgIpc) is 2.64. The lowest BCUT2D eigenvalue weighted by atomic mass is 10.1. The molecule has 0 aliphatic rings. The highest BCUT2D eigenvalue weighted by Crippen LogP contribution is 2.19. The molecular weight excluding hydrogens is 367 g/mol. The Morgan fingerprint density at radius 1 is 0.815 bits per heavy atom. The number of nitrogens with one attached hydrogen (secondary N) is 2. The predicted molar refractivity (Wildman–Crippen MR) is 103 cm³/mol. The van der Waals surface area contributed by atoms with Crippen molar-refractivity contribution in [2.24, 2.45) is 0 Å². The maximum atomic E-state index is 12.9. The van der Waals surface area contributed by atoms with Gasteiger partial charge in [-0.2, -0.15) is 0 Å². The second-order valence-corrected chi connectivity index (χ2v) is 7.64. The van der Waals surface area contributed by atoms with E-state index in [0.717, 1.165) is 5.56 Å². The quantitative estimate of drug-likeness (QED) is 0.693. The summed E-state index contributed by atoms with van der Waals surface area (Å²) in [4.78, 5) is 12.2. The number of hydrogen-bond acceptors (Lipinski definition) is 3. The van der Waals surface area contributed by atoms with Crippen molar-refractivity contribution in [2.45, 2.75) is 11.8 Å². The molecule has 138 valence electrons. The minimum Gasteiger partial charge on any atom is -0.322 e. The monoisotopic (exact) mass is 384 g/mol. The number of anilines is 2. The van der Waals surface area contributed by atoms with Crippen molar-refractivity contribution in [3.05, 3.63) is 89.7 Å². The Morgan fingerprint density at radius 2 is 1.37 bits per heavy atom. The number of sulfonamides is 1. The molecule has 2 N–H and O–H groups in total. The fourth-order valence-corrected chi connectivity index (χ4v) is 3.42. The summed E-state index contributed by atoms with van der Waals surface area (Å²) in [5.74, 6) is -0.735. The van der Waals surface area contributed by atoms with Gasteiger partial charge >= 0.3 is 0 Å². The summed E-state index contributed by atoms with van der Waals surface area (Å²) in [5.41, 5.74) is 2.29. The molecule has 1 amide bonds. The molecule has 3 rings (SSSR count). The summed E-state index contributed by atoms with van der Waals surface area (Å²) in [7, 11) is -3.81. The third-order valence-electron chi connectivity index (χ3n) is 3.83. The van der Waals surface area contributed by atoms with Crippen LogP contribution in [-0.4, -0.2) is 14.3 Å². The van der Waals surface area contributed by atoms with Crippen LogP contribution < -0.4 is 10.0 Å². The molecule has 3 aromatic carbocycles. The van der Waals surface area contributed by atoms with Crippen molar-refractivity contribution < 1.29 is 17.6 Å². The Balaban J connectivity index is 1.71. The van der Waals surface area contributed by atoms with Crippen LogP contribution in [0.1, 0.15) is 15.9 Å². The van der Waals surface area contributed by atoms with Gasteiger partial charge < -0.3 is 5.32 Å². The zero-order valence-corrected chi connectivity index (χ0v) is 15.3. The van der Waals surface area contributed by atoms with Crippen molar-refractivity contribution in [3.8, 4) is 0 Å². The molecule has 0 unspecified atom stereocenters. The minimum absolute atomic E-state index is 0.0279. The molecule has 3 aromatic rings. The van der Waals surface area contributed by atoms with Crippen LogP contribution in [0.25, 0.3) is 0 Å². The summed E-state index contributed by atoms with van der Waals surface area (Å²) < 4.78 is 40.1. The molecule has 5 nitrogen and oxygen atoms in total. The Morgan fingerprint density at radius 3 is 1.96 bits per heavy atom. The van der Waals surface area contributed by atoms with E-state index < -0.39 is 15.8 Å². The molecule has 0 spiro atoms. The van der Waals surface area contributed by atoms with Crippen LogP contribution in [0.5, 0.6) is 0 Å². The lowest BCUT2D eigenvalue weighted by Gasteiger charge is -2.10. The van der Waals surface area contributed by atoms with Crippen molar-refractivity contribution >= 4 is 27.3 Å². The van der Waals surface area contributed by atoms with Crippen molar-refractivity contribution in [1.29, 1.82) is 0 Å². The third kappa shape index (κ3) is 4.71. The van der Waals surface area contributed by atoms with Gasteiger partial charge in [-0.3, -0.25) is 9.52 Å². The molecule has 0 radical (unpaired) electrons. The number of aryl methyl sites for hydroxylation is 1. The van der Waals surface area contributed by atoms with Crippen LogP contribution in [-0.2, 0) is 10.0 Å². The maximum Gasteiger partial charge on any atom is 0.261 e. The van der Waals surface area contributed by atoms with E-state index in [4.69, 9.17) is 0 Å². The second kappa shape index (κ2) is 7.59. The lowest BCUT2D eigenvalue weighted by Crippen LogP contribution is -2.14. The summed E-state index contributed by atoms with van der Waals surface area (Å²) >= 11 is 0. The van der Waals surface area contributed by atoms with Gasteiger partial charge in [0, 0.05) is 16.9 Å². The maximum absolute atomic E-state index is 12.9. The molecule has 0 bridgehead atoms. The number of rotatable bonds is 5. The van der Waals surface area contributed by atoms with Gasteiger partial charge in [-0.15, -0.1) is 0 Å². The number of carbonyl (C=O) groups excluding carboxylic acids is 1. The van der Waals surface area contributed by atoms with Crippen molar-refractivity contribution in [2.75, 3.05) is 10.0 Å². The first-order chi connectivity index (χ1) is 12.8. The van der Waals surface area contributed by atoms with E-state index in [0.29, 0.717) is 11.3 Å². The summed E-state index contributed by atoms with van der Waals surface area (Å²) in [6, 6.07) is 17.9. The predicted octanol–water partition coefficient (Wildman–Crippen LogP) is 4.19. The molecule has 0 fully saturated rings. The minimum atomic E-state index is -3.81. The van der Waals surface area contributed by atoms with E-state index in [9.17, 15) is 17.6 Å². The molecule has 0 heterocycles. The van der Waals surface area contributed by atoms with Gasteiger partial charge in [-0.05, 0) is 67.6 Å². The Kier molecular flexibility index (Phi) is 5.23. The van der Waals surface area contributed by atoms with Crippen LogP contribution >= 0.6 is 0 Å². The normalized spacial score (nSPS) is 11.0. The van der Waals surface area contributed by atoms with Crippen molar-refractivity contribution in [1.82, 2.24) is 0 Å². The number of halogens is 1. The van der Waals surface area contributed by atoms with Gasteiger partial charge in [0.25, 0.3) is 15.9 Å². The van der Waals surface area contributed by atoms with Crippen LogP contribution in [0.4, 0.5) is 15.8 Å². The largest absolute Gasteiger partial charge is 0.322 e. The van der Waals surface area contributed by atoms with Crippen LogP contribution in [0.3, 0.4) is 0 Å². The van der Waals surface area contributed by atoms with Crippen molar-refractivity contribution in [3.63, 3.8) is 0 Å². The molecule has 0 saturated carbocycles. The average molecular weight is 384 g/mol. The van der Waals surface area contributed by atoms with E-state index in [-0.39, 0.29) is 16.5 Å². The summed E-state index contributed by atoms with van der Waals surface area (Å²) in [6.45, 7) is 1.93. The lowest BCUT2D eigenvalue weighted by molar-refractivity contribution is 0.102. The van der Waals surface area contributed by atoms with Crippen LogP contribution in [0.15, 0.2) is 77.7 Å². The fraction of sp³-hybridized carbons (Fsp3) is 0.0500. The first-order valence-electron chi connectivity index (χ1n) is 8.10. The highest BCUT2D eigenvalue weighted by Gasteiger charge is 2.14. The molecule has 0 aliphatic carbocycles. The highest BCUT2D eigenvalue weighted by atomic mass is 32.2. The summed E-state index contributed by atoms with van der Waals surface area (Å²) in [5, 5.41) is 2.72. The smallest absolute Gasteiger partial charge is 0.261 e. The van der Waals surface area contributed by atoms with E-state index >= 15 is 0 Å². The molecule has 0 aliphatic heterocycles. The zero-order valence-electron chi connectivity index (χ0n) is 14.4. The van der Waals surface area contributed by atoms with Gasteiger partial charge in [0.05, 0.1) is 4.90 Å². The van der Waals surface area contributed by atoms with E-state index in [1.807, 2.05) is 19.1 Å². The van der Waals surface area contributed by atoms with Crippen LogP contribution in [0.2, 0.25) is 0 Å². The van der Waals surface area contributed by atoms with E-state index in [2.05, 4.69) is 10.0 Å². The zero-order chi connectivity index (χ0) is 19.4. The first kappa shape index (κ1) is 18.6. The van der Waals surface area contributed by atoms with E-state index in [1.54, 1.807) is 12.1 Å². The second-order valence-electron chi connectivity index (χ2n) is 5.96. The van der Waals surface area contributed by atoms with Gasteiger partial charge in [0.1, 0.15) is 5.82 Å². The van der Waals surface area contributed by atoms with Gasteiger partial charge in [-0.1, -0.05) is 17.7 Å². The number of benzene rings is 3. The number of amides is 1. The topological polar surface area (TPSA) is 75.3 Å². The number of carbonyl (C=O) groups is 1. The molecule has 27 heavy (non-hydrogen) atoms. The Hall–Kier alpha value is -3.19. The van der Waals surface area contributed by atoms with Gasteiger partial charge in [-0.25, -0.2) is 12.8 Å². The molecule has 0 saturated heterocycles. The van der Waals surface area contributed by atoms with Gasteiger partial charge in [0.2, 0.25) is 0 Å². The standard InChI is InChI=1S/C20H17FN2O3S/c1-14-2-4-15(5-3-14)20(24)22-17-10-12-19(13-11-17)27(25,26)23-18-8-6-16(21)7-9-18/h2-13,23H,1H3,(H,22,24). The summed E-state index contributed by atoms with van der Waals surface area (Å²) in [6.07, 6.45) is 0.